The molecule has 3 heteroatoms. The van der Waals surface area contributed by atoms with E-state index < -0.39 is 0 Å². The van der Waals surface area contributed by atoms with Crippen LogP contribution in [0, 0.1) is 6.92 Å². The second-order valence-electron chi connectivity index (χ2n) is 4.32. The third-order valence-corrected chi connectivity index (χ3v) is 3.84. The van der Waals surface area contributed by atoms with Crippen LogP contribution in [-0.4, -0.2) is 7.05 Å². The molecule has 1 heterocycles. The van der Waals surface area contributed by atoms with Crippen molar-refractivity contribution in [3.63, 3.8) is 0 Å². The van der Waals surface area contributed by atoms with Gasteiger partial charge in [0.05, 0.1) is 12.3 Å². The van der Waals surface area contributed by atoms with Crippen molar-refractivity contribution >= 4 is 11.8 Å². The first-order chi connectivity index (χ1) is 8.79. The average molecular weight is 261 g/mol. The fourth-order valence-electron chi connectivity index (χ4n) is 1.80. The molecule has 1 N–H and O–H groups in total. The summed E-state index contributed by atoms with van der Waals surface area (Å²) < 4.78 is 5.71. The first-order valence-corrected chi connectivity index (χ1v) is 7.29. The highest BCUT2D eigenvalue weighted by Gasteiger charge is 2.02. The van der Waals surface area contributed by atoms with Crippen molar-refractivity contribution in [2.24, 2.45) is 0 Å². The fraction of sp³-hybridized carbons (Fsp3) is 0.333. The van der Waals surface area contributed by atoms with Crippen LogP contribution in [-0.2, 0) is 18.1 Å². The second kappa shape index (κ2) is 6.66. The number of rotatable bonds is 6. The van der Waals surface area contributed by atoms with Crippen molar-refractivity contribution in [1.82, 2.24) is 5.32 Å². The average Bonchev–Trinajstić information content (AvgIpc) is 2.80. The molecular formula is C15H19NOS. The molecule has 0 aliphatic rings. The Labute approximate surface area is 113 Å². The van der Waals surface area contributed by atoms with Crippen LogP contribution in [0.5, 0.6) is 0 Å². The van der Waals surface area contributed by atoms with Crippen molar-refractivity contribution in [3.8, 4) is 0 Å². The van der Waals surface area contributed by atoms with Gasteiger partial charge in [0.1, 0.15) is 11.5 Å². The minimum atomic E-state index is 0.794. The molecule has 2 rings (SSSR count). The number of thioether (sulfide) groups is 1. The molecule has 0 unspecified atom stereocenters. The maximum atomic E-state index is 5.71. The molecule has 0 saturated heterocycles. The lowest BCUT2D eigenvalue weighted by Crippen LogP contribution is -2.03. The maximum absolute atomic E-state index is 5.71. The van der Waals surface area contributed by atoms with Gasteiger partial charge in [-0.2, -0.15) is 0 Å². The Morgan fingerprint density at radius 1 is 1.06 bits per heavy atom. The van der Waals surface area contributed by atoms with Crippen LogP contribution >= 0.6 is 11.8 Å². The smallest absolute Gasteiger partial charge is 0.117 e. The second-order valence-corrected chi connectivity index (χ2v) is 5.30. The molecule has 0 atom stereocenters. The summed E-state index contributed by atoms with van der Waals surface area (Å²) in [4.78, 5) is 0. The largest absolute Gasteiger partial charge is 0.464 e. The number of hydrogen-bond acceptors (Lipinski definition) is 3. The predicted octanol–water partition coefficient (Wildman–Crippen LogP) is 3.74. The van der Waals surface area contributed by atoms with Crippen LogP contribution in [0.15, 0.2) is 40.8 Å². The quantitative estimate of drug-likeness (QED) is 0.857. The van der Waals surface area contributed by atoms with E-state index >= 15 is 0 Å². The third kappa shape index (κ3) is 3.65. The van der Waals surface area contributed by atoms with Gasteiger partial charge in [0.2, 0.25) is 0 Å². The van der Waals surface area contributed by atoms with E-state index in [0.717, 1.165) is 29.6 Å². The van der Waals surface area contributed by atoms with Crippen molar-refractivity contribution in [2.75, 3.05) is 7.05 Å². The molecule has 0 radical (unpaired) electrons. The van der Waals surface area contributed by atoms with Crippen LogP contribution < -0.4 is 5.32 Å². The van der Waals surface area contributed by atoms with Crippen LogP contribution in [0.25, 0.3) is 0 Å². The van der Waals surface area contributed by atoms with E-state index in [-0.39, 0.29) is 0 Å². The van der Waals surface area contributed by atoms with Gasteiger partial charge in [-0.25, -0.2) is 0 Å². The Morgan fingerprint density at radius 3 is 2.61 bits per heavy atom. The van der Waals surface area contributed by atoms with Crippen LogP contribution in [0.1, 0.15) is 22.6 Å². The SMILES string of the molecule is CNCc1ccc(CSCc2ccccc2C)o1. The summed E-state index contributed by atoms with van der Waals surface area (Å²) in [5.74, 6) is 4.02. The maximum Gasteiger partial charge on any atom is 0.117 e. The molecule has 18 heavy (non-hydrogen) atoms. The molecule has 0 amide bonds. The van der Waals surface area contributed by atoms with Gasteiger partial charge in [0, 0.05) is 5.75 Å². The predicted molar refractivity (Wildman–Crippen MR) is 77.6 cm³/mol. The highest BCUT2D eigenvalue weighted by Crippen LogP contribution is 2.21. The van der Waals surface area contributed by atoms with Gasteiger partial charge in [-0.1, -0.05) is 24.3 Å². The Balaban J connectivity index is 1.83. The first-order valence-electron chi connectivity index (χ1n) is 6.14. The van der Waals surface area contributed by atoms with Crippen LogP contribution in [0.3, 0.4) is 0 Å². The van der Waals surface area contributed by atoms with Gasteiger partial charge in [-0.05, 0) is 37.2 Å². The summed E-state index contributed by atoms with van der Waals surface area (Å²) in [6.07, 6.45) is 0. The monoisotopic (exact) mass is 261 g/mol. The number of benzene rings is 1. The highest BCUT2D eigenvalue weighted by molar-refractivity contribution is 7.97. The van der Waals surface area contributed by atoms with E-state index in [2.05, 4.69) is 42.6 Å². The fourth-order valence-corrected chi connectivity index (χ4v) is 2.80. The van der Waals surface area contributed by atoms with E-state index in [1.54, 1.807) is 0 Å². The van der Waals surface area contributed by atoms with Crippen molar-refractivity contribution in [1.29, 1.82) is 0 Å². The number of furan rings is 1. The zero-order valence-corrected chi connectivity index (χ0v) is 11.7. The van der Waals surface area contributed by atoms with E-state index in [0.29, 0.717) is 0 Å². The Kier molecular flexibility index (Phi) is 4.90. The summed E-state index contributed by atoms with van der Waals surface area (Å²) in [5.41, 5.74) is 2.77. The number of hydrogen-bond donors (Lipinski definition) is 1. The molecule has 1 aromatic carbocycles. The van der Waals surface area contributed by atoms with Crippen LogP contribution in [0.2, 0.25) is 0 Å². The Bertz CT molecular complexity index is 493. The molecule has 0 saturated carbocycles. The van der Waals surface area contributed by atoms with E-state index in [4.69, 9.17) is 4.42 Å². The molecule has 96 valence electrons. The summed E-state index contributed by atoms with van der Waals surface area (Å²) in [7, 11) is 1.93. The number of nitrogens with one attached hydrogen (secondary N) is 1. The van der Waals surface area contributed by atoms with Gasteiger partial charge in [-0.15, -0.1) is 11.8 Å². The molecule has 0 aliphatic carbocycles. The van der Waals surface area contributed by atoms with Crippen molar-refractivity contribution in [3.05, 3.63) is 59.0 Å². The Hall–Kier alpha value is -1.19. The minimum absolute atomic E-state index is 0.794. The van der Waals surface area contributed by atoms with Gasteiger partial charge >= 0.3 is 0 Å². The van der Waals surface area contributed by atoms with Crippen molar-refractivity contribution < 1.29 is 4.42 Å². The summed E-state index contributed by atoms with van der Waals surface area (Å²) in [5, 5.41) is 3.09. The molecule has 0 aliphatic heterocycles. The number of aryl methyl sites for hydroxylation is 1. The summed E-state index contributed by atoms with van der Waals surface area (Å²) >= 11 is 1.89. The molecule has 2 aromatic rings. The standard InChI is InChI=1S/C15H19NOS/c1-12-5-3-4-6-13(12)10-18-11-15-8-7-14(17-15)9-16-2/h3-8,16H,9-11H2,1-2H3. The van der Waals surface area contributed by atoms with Crippen molar-refractivity contribution in [2.45, 2.75) is 25.0 Å². The molecule has 1 aromatic heterocycles. The minimum Gasteiger partial charge on any atom is -0.464 e. The molecule has 2 nitrogen and oxygen atoms in total. The van der Waals surface area contributed by atoms with Gasteiger partial charge in [0.25, 0.3) is 0 Å². The lowest BCUT2D eigenvalue weighted by atomic mass is 10.1. The van der Waals surface area contributed by atoms with E-state index in [9.17, 15) is 0 Å². The Morgan fingerprint density at radius 2 is 1.83 bits per heavy atom. The zero-order chi connectivity index (χ0) is 12.8. The lowest BCUT2D eigenvalue weighted by Gasteiger charge is -2.04. The lowest BCUT2D eigenvalue weighted by molar-refractivity contribution is 0.469. The van der Waals surface area contributed by atoms with Gasteiger partial charge < -0.3 is 9.73 Å². The summed E-state index contributed by atoms with van der Waals surface area (Å²) in [6, 6.07) is 12.6. The zero-order valence-electron chi connectivity index (χ0n) is 10.9. The van der Waals surface area contributed by atoms with Crippen LogP contribution in [0.4, 0.5) is 0 Å². The topological polar surface area (TPSA) is 25.2 Å². The molecule has 0 spiro atoms. The summed E-state index contributed by atoms with van der Waals surface area (Å²) in [6.45, 7) is 2.95. The van der Waals surface area contributed by atoms with Gasteiger partial charge in [0.15, 0.2) is 0 Å². The third-order valence-electron chi connectivity index (χ3n) is 2.83. The highest BCUT2D eigenvalue weighted by atomic mass is 32.2. The first kappa shape index (κ1) is 13.2. The van der Waals surface area contributed by atoms with E-state index in [1.807, 2.05) is 24.9 Å². The van der Waals surface area contributed by atoms with Gasteiger partial charge in [-0.3, -0.25) is 0 Å². The van der Waals surface area contributed by atoms with E-state index in [1.165, 1.54) is 11.1 Å². The normalized spacial score (nSPS) is 10.8. The molecule has 0 bridgehead atoms. The molecule has 0 fully saturated rings. The molecular weight excluding hydrogens is 242 g/mol.